The van der Waals surface area contributed by atoms with Crippen molar-refractivity contribution in [1.29, 1.82) is 0 Å². The molecule has 3 rings (SSSR count). The molecule has 2 aromatic heterocycles. The molecule has 1 atom stereocenters. The Hall–Kier alpha value is -2.51. The maximum Gasteiger partial charge on any atom is 0.249 e. The highest BCUT2D eigenvalue weighted by molar-refractivity contribution is 6.01. The Balaban J connectivity index is 1.86. The Morgan fingerprint density at radius 2 is 2.17 bits per heavy atom. The third-order valence-corrected chi connectivity index (χ3v) is 2.77. The lowest BCUT2D eigenvalue weighted by molar-refractivity contribution is -0.133. The largest absolute Gasteiger partial charge is 0.356 e. The molecule has 1 saturated heterocycles. The molecule has 8 nitrogen and oxygen atoms in total. The fraction of sp³-hybridized carbons (Fsp3) is 0.300. The fourth-order valence-corrected chi connectivity index (χ4v) is 1.87. The highest BCUT2D eigenvalue weighted by atomic mass is 16.2. The van der Waals surface area contributed by atoms with Crippen LogP contribution in [0.15, 0.2) is 12.7 Å². The number of aromatic nitrogens is 4. The van der Waals surface area contributed by atoms with Crippen LogP contribution in [0.5, 0.6) is 0 Å². The van der Waals surface area contributed by atoms with Crippen LogP contribution in [0.3, 0.4) is 0 Å². The van der Waals surface area contributed by atoms with E-state index in [0.29, 0.717) is 29.8 Å². The van der Waals surface area contributed by atoms with Crippen LogP contribution < -0.4 is 10.6 Å². The van der Waals surface area contributed by atoms with Crippen molar-refractivity contribution in [2.45, 2.75) is 18.9 Å². The minimum Gasteiger partial charge on any atom is -0.356 e. The molecule has 1 fully saturated rings. The van der Waals surface area contributed by atoms with Crippen molar-refractivity contribution in [3.63, 3.8) is 0 Å². The van der Waals surface area contributed by atoms with Crippen molar-refractivity contribution in [3.8, 4) is 0 Å². The summed E-state index contributed by atoms with van der Waals surface area (Å²) in [5.41, 5.74) is 1.17. The summed E-state index contributed by atoms with van der Waals surface area (Å²) in [5.74, 6) is -0.0723. The molecule has 0 spiro atoms. The van der Waals surface area contributed by atoms with Gasteiger partial charge in [0.05, 0.1) is 6.33 Å². The molecular formula is C10H10N6O2. The number of aromatic amines is 1. The van der Waals surface area contributed by atoms with E-state index in [9.17, 15) is 9.59 Å². The van der Waals surface area contributed by atoms with E-state index in [1.165, 1.54) is 12.7 Å². The first-order valence-corrected chi connectivity index (χ1v) is 5.48. The Kier molecular flexibility index (Phi) is 2.40. The second-order valence-electron chi connectivity index (χ2n) is 3.97. The Bertz CT molecular complexity index is 622. The predicted molar refractivity (Wildman–Crippen MR) is 61.5 cm³/mol. The van der Waals surface area contributed by atoms with Crippen molar-refractivity contribution < 1.29 is 9.59 Å². The molecule has 0 bridgehead atoms. The van der Waals surface area contributed by atoms with Gasteiger partial charge < -0.3 is 10.3 Å². The number of H-pyrrole nitrogens is 1. The molecule has 0 radical (unpaired) electrons. The van der Waals surface area contributed by atoms with Crippen molar-refractivity contribution >= 4 is 28.8 Å². The molecule has 0 aliphatic carbocycles. The van der Waals surface area contributed by atoms with Gasteiger partial charge in [0.25, 0.3) is 0 Å². The van der Waals surface area contributed by atoms with Gasteiger partial charge in [0.2, 0.25) is 11.8 Å². The van der Waals surface area contributed by atoms with Crippen LogP contribution >= 0.6 is 0 Å². The lowest BCUT2D eigenvalue weighted by atomic mass is 10.1. The number of amides is 2. The van der Waals surface area contributed by atoms with Gasteiger partial charge in [-0.3, -0.25) is 14.9 Å². The standard InChI is InChI=1S/C10H10N6O2/c17-6-2-1-5(10(18)16-6)15-9-7-8(12-3-11-7)13-4-14-9/h3-5H,1-2H2,(H,16,17,18)(H2,11,12,13,14,15). The van der Waals surface area contributed by atoms with Crippen molar-refractivity contribution in [2.24, 2.45) is 0 Å². The smallest absolute Gasteiger partial charge is 0.249 e. The highest BCUT2D eigenvalue weighted by Gasteiger charge is 2.27. The van der Waals surface area contributed by atoms with Crippen LogP contribution in [0.1, 0.15) is 12.8 Å². The van der Waals surface area contributed by atoms with E-state index >= 15 is 0 Å². The number of piperidine rings is 1. The monoisotopic (exact) mass is 246 g/mol. The van der Waals surface area contributed by atoms with Crippen LogP contribution in [-0.4, -0.2) is 37.8 Å². The summed E-state index contributed by atoms with van der Waals surface area (Å²) >= 11 is 0. The molecule has 2 amide bonds. The fourth-order valence-electron chi connectivity index (χ4n) is 1.87. The second-order valence-corrected chi connectivity index (χ2v) is 3.97. The molecule has 8 heteroatoms. The lowest BCUT2D eigenvalue weighted by Crippen LogP contribution is -2.47. The molecule has 0 aromatic carbocycles. The molecule has 92 valence electrons. The molecule has 2 aromatic rings. The Morgan fingerprint density at radius 1 is 1.28 bits per heavy atom. The SMILES string of the molecule is O=C1CCC(Nc2ncnc3nc[nH]c23)C(=O)N1. The first-order valence-electron chi connectivity index (χ1n) is 5.48. The third kappa shape index (κ3) is 1.77. The summed E-state index contributed by atoms with van der Waals surface area (Å²) in [5, 5.41) is 5.28. The van der Waals surface area contributed by atoms with E-state index in [0.717, 1.165) is 0 Å². The summed E-state index contributed by atoms with van der Waals surface area (Å²) in [4.78, 5) is 37.6. The molecular weight excluding hydrogens is 236 g/mol. The lowest BCUT2D eigenvalue weighted by Gasteiger charge is -2.22. The molecule has 1 aliphatic heterocycles. The number of nitrogens with zero attached hydrogens (tertiary/aromatic N) is 3. The number of carbonyl (C=O) groups is 2. The van der Waals surface area contributed by atoms with Gasteiger partial charge in [-0.2, -0.15) is 0 Å². The van der Waals surface area contributed by atoms with E-state index in [4.69, 9.17) is 0 Å². The predicted octanol–water partition coefficient (Wildman–Crippen LogP) is -0.430. The van der Waals surface area contributed by atoms with Crippen LogP contribution in [-0.2, 0) is 9.59 Å². The molecule has 1 unspecified atom stereocenters. The Morgan fingerprint density at radius 3 is 3.00 bits per heavy atom. The zero-order valence-corrected chi connectivity index (χ0v) is 9.30. The van der Waals surface area contributed by atoms with Gasteiger partial charge in [-0.15, -0.1) is 0 Å². The number of rotatable bonds is 2. The number of fused-ring (bicyclic) bond motifs is 1. The maximum absolute atomic E-state index is 11.6. The number of carbonyl (C=O) groups excluding carboxylic acids is 2. The Labute approximate surface area is 101 Å². The van der Waals surface area contributed by atoms with Crippen molar-refractivity contribution in [1.82, 2.24) is 25.3 Å². The average molecular weight is 246 g/mol. The average Bonchev–Trinajstić information content (AvgIpc) is 2.82. The number of imide groups is 1. The van der Waals surface area contributed by atoms with Gasteiger partial charge in [0.1, 0.15) is 17.9 Å². The van der Waals surface area contributed by atoms with Gasteiger partial charge in [-0.25, -0.2) is 15.0 Å². The summed E-state index contributed by atoms with van der Waals surface area (Å²) in [6.45, 7) is 0. The van der Waals surface area contributed by atoms with Crippen LogP contribution in [0, 0.1) is 0 Å². The summed E-state index contributed by atoms with van der Waals surface area (Å²) in [6, 6.07) is -0.468. The molecule has 1 aliphatic rings. The molecule has 3 N–H and O–H groups in total. The number of hydrogen-bond acceptors (Lipinski definition) is 6. The first-order chi connectivity index (χ1) is 8.74. The number of anilines is 1. The number of nitrogens with one attached hydrogen (secondary N) is 3. The van der Waals surface area contributed by atoms with Crippen LogP contribution in [0.25, 0.3) is 11.2 Å². The minimum absolute atomic E-state index is 0.243. The van der Waals surface area contributed by atoms with Crippen LogP contribution in [0.4, 0.5) is 5.82 Å². The van der Waals surface area contributed by atoms with E-state index in [1.54, 1.807) is 0 Å². The molecule has 18 heavy (non-hydrogen) atoms. The van der Waals surface area contributed by atoms with E-state index in [-0.39, 0.29) is 11.8 Å². The van der Waals surface area contributed by atoms with Crippen LogP contribution in [0.2, 0.25) is 0 Å². The topological polar surface area (TPSA) is 113 Å². The summed E-state index contributed by atoms with van der Waals surface area (Å²) in [6.07, 6.45) is 3.65. The van der Waals surface area contributed by atoms with Gasteiger partial charge in [0.15, 0.2) is 11.5 Å². The van der Waals surface area contributed by atoms with Gasteiger partial charge in [-0.05, 0) is 6.42 Å². The minimum atomic E-state index is -0.468. The van der Waals surface area contributed by atoms with E-state index in [1.807, 2.05) is 0 Å². The summed E-state index contributed by atoms with van der Waals surface area (Å²) in [7, 11) is 0. The second kappa shape index (κ2) is 4.06. The van der Waals surface area contributed by atoms with Crippen molar-refractivity contribution in [3.05, 3.63) is 12.7 Å². The van der Waals surface area contributed by atoms with Gasteiger partial charge in [-0.1, -0.05) is 0 Å². The first kappa shape index (κ1) is 10.6. The molecule has 0 saturated carbocycles. The highest BCUT2D eigenvalue weighted by Crippen LogP contribution is 2.17. The van der Waals surface area contributed by atoms with E-state index in [2.05, 4.69) is 30.6 Å². The zero-order chi connectivity index (χ0) is 12.5. The summed E-state index contributed by atoms with van der Waals surface area (Å²) < 4.78 is 0. The quantitative estimate of drug-likeness (QED) is 0.620. The van der Waals surface area contributed by atoms with Gasteiger partial charge in [0, 0.05) is 6.42 Å². The third-order valence-electron chi connectivity index (χ3n) is 2.77. The maximum atomic E-state index is 11.6. The van der Waals surface area contributed by atoms with Gasteiger partial charge >= 0.3 is 0 Å². The number of imidazole rings is 1. The molecule has 3 heterocycles. The normalized spacial score (nSPS) is 19.9. The number of hydrogen-bond donors (Lipinski definition) is 3. The van der Waals surface area contributed by atoms with E-state index < -0.39 is 6.04 Å². The zero-order valence-electron chi connectivity index (χ0n) is 9.30. The van der Waals surface area contributed by atoms with Crippen molar-refractivity contribution in [2.75, 3.05) is 5.32 Å².